The number of amides is 1. The van der Waals surface area contributed by atoms with Crippen molar-refractivity contribution >= 4 is 6.09 Å². The highest BCUT2D eigenvalue weighted by Gasteiger charge is 2.30. The van der Waals surface area contributed by atoms with Crippen molar-refractivity contribution in [3.05, 3.63) is 0 Å². The third-order valence-corrected chi connectivity index (χ3v) is 3.92. The van der Waals surface area contributed by atoms with Crippen LogP contribution in [0.4, 0.5) is 4.79 Å². The predicted molar refractivity (Wildman–Crippen MR) is 90.7 cm³/mol. The van der Waals surface area contributed by atoms with Crippen molar-refractivity contribution in [1.29, 1.82) is 0 Å². The van der Waals surface area contributed by atoms with E-state index in [-0.39, 0.29) is 24.2 Å². The summed E-state index contributed by atoms with van der Waals surface area (Å²) in [4.78, 5) is 14.4. The van der Waals surface area contributed by atoms with Crippen molar-refractivity contribution in [3.63, 3.8) is 0 Å². The molecule has 126 valence electrons. The largest absolute Gasteiger partial charge is 0.444 e. The Kier molecular flexibility index (Phi) is 7.22. The van der Waals surface area contributed by atoms with Gasteiger partial charge in [-0.25, -0.2) is 4.79 Å². The van der Waals surface area contributed by atoms with Gasteiger partial charge < -0.3 is 15.0 Å². The Morgan fingerprint density at radius 1 is 1.36 bits per heavy atom. The van der Waals surface area contributed by atoms with E-state index in [1.165, 1.54) is 12.8 Å². The van der Waals surface area contributed by atoms with Gasteiger partial charge in [-0.1, -0.05) is 18.8 Å². The molecule has 3 atom stereocenters. The average molecular weight is 308 g/mol. The molecule has 0 aromatic heterocycles. The van der Waals surface area contributed by atoms with Gasteiger partial charge in [0.2, 0.25) is 0 Å². The molecule has 22 heavy (non-hydrogen) atoms. The molecular weight excluding hydrogens is 276 g/mol. The summed E-state index contributed by atoms with van der Waals surface area (Å²) < 4.78 is 5.58. The SMILES string of the molecule is C#CC(C)NC(C)CC1CCCCCN1C(=O)OC(C)(C)C. The van der Waals surface area contributed by atoms with Crippen molar-refractivity contribution in [2.24, 2.45) is 0 Å². The quantitative estimate of drug-likeness (QED) is 0.808. The first kappa shape index (κ1) is 18.8. The molecular formula is C18H32N2O2. The van der Waals surface area contributed by atoms with E-state index in [4.69, 9.17) is 11.2 Å². The Balaban J connectivity index is 2.70. The Morgan fingerprint density at radius 2 is 2.05 bits per heavy atom. The minimum absolute atomic E-state index is 0.0516. The van der Waals surface area contributed by atoms with Gasteiger partial charge in [0, 0.05) is 18.6 Å². The maximum absolute atomic E-state index is 12.5. The van der Waals surface area contributed by atoms with E-state index in [9.17, 15) is 4.79 Å². The van der Waals surface area contributed by atoms with Gasteiger partial charge >= 0.3 is 6.09 Å². The first-order chi connectivity index (χ1) is 10.2. The standard InChI is InChI=1S/C18H32N2O2/c1-7-14(2)19-15(3)13-16-11-9-8-10-12-20(16)17(21)22-18(4,5)6/h1,14-16,19H,8-13H2,2-6H3. The number of hydrogen-bond donors (Lipinski definition) is 1. The second-order valence-corrected chi connectivity index (χ2v) is 7.37. The minimum atomic E-state index is -0.449. The van der Waals surface area contributed by atoms with Crippen molar-refractivity contribution in [2.45, 2.75) is 90.4 Å². The lowest BCUT2D eigenvalue weighted by Crippen LogP contribution is -2.46. The number of terminal acetylenes is 1. The van der Waals surface area contributed by atoms with Crippen LogP contribution >= 0.6 is 0 Å². The van der Waals surface area contributed by atoms with E-state index < -0.39 is 5.60 Å². The fourth-order valence-corrected chi connectivity index (χ4v) is 2.93. The number of carbonyl (C=O) groups is 1. The number of likely N-dealkylation sites (tertiary alicyclic amines) is 1. The van der Waals surface area contributed by atoms with E-state index in [2.05, 4.69) is 18.2 Å². The molecule has 0 spiro atoms. The number of nitrogens with zero attached hydrogens (tertiary/aromatic N) is 1. The molecule has 1 saturated heterocycles. The molecule has 4 heteroatoms. The molecule has 0 aromatic rings. The lowest BCUT2D eigenvalue weighted by molar-refractivity contribution is 0.0150. The van der Waals surface area contributed by atoms with E-state index in [0.717, 1.165) is 25.8 Å². The Labute approximate surface area is 136 Å². The van der Waals surface area contributed by atoms with Gasteiger partial charge in [0.15, 0.2) is 0 Å². The van der Waals surface area contributed by atoms with Crippen LogP contribution in [0.3, 0.4) is 0 Å². The fourth-order valence-electron chi connectivity index (χ4n) is 2.93. The average Bonchev–Trinajstić information content (AvgIpc) is 2.61. The summed E-state index contributed by atoms with van der Waals surface area (Å²) in [5.74, 6) is 2.69. The summed E-state index contributed by atoms with van der Waals surface area (Å²) in [5.41, 5.74) is -0.449. The van der Waals surface area contributed by atoms with Gasteiger partial charge in [-0.15, -0.1) is 6.42 Å². The molecule has 0 saturated carbocycles. The second kappa shape index (κ2) is 8.43. The zero-order valence-corrected chi connectivity index (χ0v) is 14.8. The molecule has 1 fully saturated rings. The molecule has 0 bridgehead atoms. The van der Waals surface area contributed by atoms with Gasteiger partial charge in [-0.3, -0.25) is 0 Å². The Hall–Kier alpha value is -1.21. The summed E-state index contributed by atoms with van der Waals surface area (Å²) in [6, 6.07) is 0.555. The van der Waals surface area contributed by atoms with Crippen LogP contribution in [-0.4, -0.2) is 41.3 Å². The van der Waals surface area contributed by atoms with Gasteiger partial charge in [0.1, 0.15) is 5.60 Å². The summed E-state index contributed by atoms with van der Waals surface area (Å²) in [6.45, 7) is 10.6. The molecule has 1 N–H and O–H groups in total. The normalized spacial score (nSPS) is 22.4. The topological polar surface area (TPSA) is 41.6 Å². The van der Waals surface area contributed by atoms with Crippen LogP contribution in [-0.2, 0) is 4.74 Å². The molecule has 1 aliphatic heterocycles. The second-order valence-electron chi connectivity index (χ2n) is 7.37. The molecule has 0 aromatic carbocycles. The molecule has 1 aliphatic rings. The van der Waals surface area contributed by atoms with Gasteiger partial charge in [0.05, 0.1) is 6.04 Å². The number of carbonyl (C=O) groups excluding carboxylic acids is 1. The number of ether oxygens (including phenoxy) is 1. The Bertz CT molecular complexity index is 395. The summed E-state index contributed by atoms with van der Waals surface area (Å²) in [6.07, 6.45) is 10.6. The number of nitrogens with one attached hydrogen (secondary N) is 1. The molecule has 4 nitrogen and oxygen atoms in total. The van der Waals surface area contributed by atoms with Crippen molar-refractivity contribution in [2.75, 3.05) is 6.54 Å². The van der Waals surface area contributed by atoms with Crippen LogP contribution in [0.2, 0.25) is 0 Å². The first-order valence-corrected chi connectivity index (χ1v) is 8.44. The van der Waals surface area contributed by atoms with Crippen molar-refractivity contribution in [1.82, 2.24) is 10.2 Å². The lowest BCUT2D eigenvalue weighted by Gasteiger charge is -2.34. The summed E-state index contributed by atoms with van der Waals surface area (Å²) in [5, 5.41) is 3.39. The maximum Gasteiger partial charge on any atom is 0.410 e. The fraction of sp³-hybridized carbons (Fsp3) is 0.833. The minimum Gasteiger partial charge on any atom is -0.444 e. The third kappa shape index (κ3) is 6.70. The number of hydrogen-bond acceptors (Lipinski definition) is 3. The molecule has 1 heterocycles. The van der Waals surface area contributed by atoms with E-state index >= 15 is 0 Å². The van der Waals surface area contributed by atoms with Crippen LogP contribution in [0.1, 0.15) is 66.7 Å². The maximum atomic E-state index is 12.5. The molecule has 1 amide bonds. The highest BCUT2D eigenvalue weighted by atomic mass is 16.6. The number of rotatable bonds is 4. The van der Waals surface area contributed by atoms with Crippen LogP contribution < -0.4 is 5.32 Å². The van der Waals surface area contributed by atoms with Crippen LogP contribution in [0.25, 0.3) is 0 Å². The van der Waals surface area contributed by atoms with E-state index in [1.54, 1.807) is 0 Å². The molecule has 1 rings (SSSR count). The van der Waals surface area contributed by atoms with E-state index in [0.29, 0.717) is 0 Å². The van der Waals surface area contributed by atoms with Crippen molar-refractivity contribution in [3.8, 4) is 12.3 Å². The Morgan fingerprint density at radius 3 is 2.64 bits per heavy atom. The summed E-state index contributed by atoms with van der Waals surface area (Å²) >= 11 is 0. The first-order valence-electron chi connectivity index (χ1n) is 8.44. The van der Waals surface area contributed by atoms with Gasteiger partial charge in [-0.05, 0) is 53.9 Å². The zero-order valence-electron chi connectivity index (χ0n) is 14.8. The zero-order chi connectivity index (χ0) is 16.8. The monoisotopic (exact) mass is 308 g/mol. The predicted octanol–water partition coefficient (Wildman–Crippen LogP) is 3.56. The van der Waals surface area contributed by atoms with E-state index in [1.807, 2.05) is 32.6 Å². The smallest absolute Gasteiger partial charge is 0.410 e. The van der Waals surface area contributed by atoms with Gasteiger partial charge in [0.25, 0.3) is 0 Å². The molecule has 0 radical (unpaired) electrons. The van der Waals surface area contributed by atoms with Crippen LogP contribution in [0.15, 0.2) is 0 Å². The van der Waals surface area contributed by atoms with Crippen LogP contribution in [0, 0.1) is 12.3 Å². The van der Waals surface area contributed by atoms with Gasteiger partial charge in [-0.2, -0.15) is 0 Å². The lowest BCUT2D eigenvalue weighted by atomic mass is 10.0. The third-order valence-electron chi connectivity index (χ3n) is 3.92. The molecule has 0 aliphatic carbocycles. The highest BCUT2D eigenvalue weighted by molar-refractivity contribution is 5.68. The summed E-state index contributed by atoms with van der Waals surface area (Å²) in [7, 11) is 0. The van der Waals surface area contributed by atoms with Crippen LogP contribution in [0.5, 0.6) is 0 Å². The molecule has 3 unspecified atom stereocenters. The highest BCUT2D eigenvalue weighted by Crippen LogP contribution is 2.23. The van der Waals surface area contributed by atoms with Crippen molar-refractivity contribution < 1.29 is 9.53 Å².